The fraction of sp³-hybridized carbons (Fsp3) is 0.444. The highest BCUT2D eigenvalue weighted by Gasteiger charge is 2.30. The van der Waals surface area contributed by atoms with Gasteiger partial charge in [-0.15, -0.1) is 0 Å². The lowest BCUT2D eigenvalue weighted by Gasteiger charge is -2.24. The number of nitrogens with one attached hydrogen (secondary N) is 1. The lowest BCUT2D eigenvalue weighted by molar-refractivity contribution is -0.138. The number of aliphatic carboxylic acids is 1. The highest BCUT2D eigenvalue weighted by Crippen LogP contribution is 2.24. The van der Waals surface area contributed by atoms with Crippen LogP contribution >= 0.6 is 0 Å². The molecule has 0 aromatic carbocycles. The summed E-state index contributed by atoms with van der Waals surface area (Å²) in [5.41, 5.74) is -0.630. The standard InChI is InChI=1S/C9H13NO3/c1-9(10-2,6-8(11)12)7-4-3-5-13-7/h3-5,10H,6H2,1-2H3,(H,11,12). The van der Waals surface area contributed by atoms with Gasteiger partial charge in [0.15, 0.2) is 0 Å². The summed E-state index contributed by atoms with van der Waals surface area (Å²) in [6, 6.07) is 3.51. The summed E-state index contributed by atoms with van der Waals surface area (Å²) in [5.74, 6) is -0.217. The Morgan fingerprint density at radius 2 is 2.46 bits per heavy atom. The first-order valence-corrected chi connectivity index (χ1v) is 4.03. The lowest BCUT2D eigenvalue weighted by Crippen LogP contribution is -2.38. The van der Waals surface area contributed by atoms with Crippen LogP contribution in [0.15, 0.2) is 22.8 Å². The van der Waals surface area contributed by atoms with E-state index in [2.05, 4.69) is 5.32 Å². The molecule has 13 heavy (non-hydrogen) atoms. The van der Waals surface area contributed by atoms with Crippen LogP contribution in [0.1, 0.15) is 19.1 Å². The van der Waals surface area contributed by atoms with E-state index in [0.29, 0.717) is 5.76 Å². The average molecular weight is 183 g/mol. The molecule has 2 N–H and O–H groups in total. The van der Waals surface area contributed by atoms with E-state index in [1.165, 1.54) is 6.26 Å². The number of carboxylic acid groups (broad SMARTS) is 1. The molecule has 0 radical (unpaired) electrons. The molecule has 4 nitrogen and oxygen atoms in total. The van der Waals surface area contributed by atoms with E-state index in [9.17, 15) is 4.79 Å². The molecule has 0 amide bonds. The molecule has 0 bridgehead atoms. The second-order valence-corrected chi connectivity index (χ2v) is 3.13. The van der Waals surface area contributed by atoms with Crippen LogP contribution in [0.25, 0.3) is 0 Å². The quantitative estimate of drug-likeness (QED) is 0.736. The summed E-state index contributed by atoms with van der Waals surface area (Å²) < 4.78 is 5.16. The summed E-state index contributed by atoms with van der Waals surface area (Å²) in [6.07, 6.45) is 1.53. The van der Waals surface area contributed by atoms with Gasteiger partial charge in [0.1, 0.15) is 5.76 Å². The van der Waals surface area contributed by atoms with Gasteiger partial charge in [0.2, 0.25) is 0 Å². The Balaban J connectivity index is 2.87. The molecule has 0 aliphatic carbocycles. The third kappa shape index (κ3) is 2.09. The number of carboxylic acids is 1. The Morgan fingerprint density at radius 1 is 1.77 bits per heavy atom. The largest absolute Gasteiger partial charge is 0.481 e. The number of furan rings is 1. The van der Waals surface area contributed by atoms with Crippen molar-refractivity contribution in [1.82, 2.24) is 5.32 Å². The third-order valence-electron chi connectivity index (χ3n) is 2.12. The van der Waals surface area contributed by atoms with Crippen LogP contribution in [0.3, 0.4) is 0 Å². The molecular formula is C9H13NO3. The molecule has 0 aliphatic rings. The molecule has 1 unspecified atom stereocenters. The second kappa shape index (κ2) is 3.62. The van der Waals surface area contributed by atoms with Gasteiger partial charge in [0.05, 0.1) is 18.2 Å². The molecule has 0 saturated heterocycles. The number of hydrogen-bond acceptors (Lipinski definition) is 3. The summed E-state index contributed by atoms with van der Waals surface area (Å²) in [5, 5.41) is 11.6. The number of rotatable bonds is 4. The van der Waals surface area contributed by atoms with Crippen molar-refractivity contribution >= 4 is 5.97 Å². The molecule has 0 aliphatic heterocycles. The first kappa shape index (κ1) is 9.80. The van der Waals surface area contributed by atoms with Crippen LogP contribution in [-0.4, -0.2) is 18.1 Å². The smallest absolute Gasteiger partial charge is 0.305 e. The van der Waals surface area contributed by atoms with Gasteiger partial charge in [-0.05, 0) is 26.1 Å². The maximum absolute atomic E-state index is 10.6. The monoisotopic (exact) mass is 183 g/mol. The van der Waals surface area contributed by atoms with Crippen LogP contribution in [-0.2, 0) is 10.3 Å². The SMILES string of the molecule is CNC(C)(CC(=O)O)c1ccco1. The normalized spacial score (nSPS) is 15.2. The van der Waals surface area contributed by atoms with Gasteiger partial charge in [-0.25, -0.2) is 0 Å². The Hall–Kier alpha value is -1.29. The predicted octanol–water partition coefficient (Wildman–Crippen LogP) is 1.19. The third-order valence-corrected chi connectivity index (χ3v) is 2.12. The lowest BCUT2D eigenvalue weighted by atomic mass is 9.95. The van der Waals surface area contributed by atoms with E-state index in [1.807, 2.05) is 0 Å². The van der Waals surface area contributed by atoms with E-state index >= 15 is 0 Å². The van der Waals surface area contributed by atoms with Gasteiger partial charge in [-0.3, -0.25) is 4.79 Å². The van der Waals surface area contributed by atoms with Crippen LogP contribution in [0.4, 0.5) is 0 Å². The predicted molar refractivity (Wildman–Crippen MR) is 47.4 cm³/mol. The van der Waals surface area contributed by atoms with Crippen molar-refractivity contribution in [3.8, 4) is 0 Å². The van der Waals surface area contributed by atoms with Gasteiger partial charge >= 0.3 is 5.97 Å². The van der Waals surface area contributed by atoms with Crippen molar-refractivity contribution in [1.29, 1.82) is 0 Å². The van der Waals surface area contributed by atoms with Crippen molar-refractivity contribution in [2.24, 2.45) is 0 Å². The molecule has 1 atom stereocenters. The van der Waals surface area contributed by atoms with E-state index in [1.54, 1.807) is 26.1 Å². The summed E-state index contributed by atoms with van der Waals surface area (Å²) in [7, 11) is 1.71. The van der Waals surface area contributed by atoms with Crippen molar-refractivity contribution in [3.05, 3.63) is 24.2 Å². The fourth-order valence-electron chi connectivity index (χ4n) is 1.19. The van der Waals surface area contributed by atoms with Crippen molar-refractivity contribution in [2.75, 3.05) is 7.05 Å². The topological polar surface area (TPSA) is 62.5 Å². The summed E-state index contributed by atoms with van der Waals surface area (Å²) >= 11 is 0. The maximum Gasteiger partial charge on any atom is 0.305 e. The van der Waals surface area contributed by atoms with Gasteiger partial charge < -0.3 is 14.8 Å². The molecule has 72 valence electrons. The van der Waals surface area contributed by atoms with E-state index < -0.39 is 11.5 Å². The Morgan fingerprint density at radius 3 is 2.85 bits per heavy atom. The zero-order valence-electron chi connectivity index (χ0n) is 7.70. The van der Waals surface area contributed by atoms with Crippen molar-refractivity contribution < 1.29 is 14.3 Å². The highest BCUT2D eigenvalue weighted by molar-refractivity contribution is 5.68. The zero-order chi connectivity index (χ0) is 9.90. The molecule has 1 heterocycles. The molecule has 0 fully saturated rings. The van der Waals surface area contributed by atoms with E-state index in [0.717, 1.165) is 0 Å². The highest BCUT2D eigenvalue weighted by atomic mass is 16.4. The van der Waals surface area contributed by atoms with Gasteiger partial charge in [-0.1, -0.05) is 0 Å². The minimum Gasteiger partial charge on any atom is -0.481 e. The average Bonchev–Trinajstić information content (AvgIpc) is 2.55. The Labute approximate surface area is 76.6 Å². The fourth-order valence-corrected chi connectivity index (χ4v) is 1.19. The van der Waals surface area contributed by atoms with Gasteiger partial charge in [0, 0.05) is 0 Å². The minimum atomic E-state index is -0.853. The molecule has 1 aromatic rings. The molecule has 0 saturated carbocycles. The number of carbonyl (C=O) groups is 1. The Kier molecular flexibility index (Phi) is 2.72. The van der Waals surface area contributed by atoms with Crippen LogP contribution in [0.5, 0.6) is 0 Å². The van der Waals surface area contributed by atoms with Gasteiger partial charge in [0.25, 0.3) is 0 Å². The van der Waals surface area contributed by atoms with Crippen LogP contribution in [0.2, 0.25) is 0 Å². The van der Waals surface area contributed by atoms with E-state index in [-0.39, 0.29) is 6.42 Å². The molecule has 0 spiro atoms. The van der Waals surface area contributed by atoms with Crippen molar-refractivity contribution in [3.63, 3.8) is 0 Å². The maximum atomic E-state index is 10.6. The molecule has 1 rings (SSSR count). The zero-order valence-corrected chi connectivity index (χ0v) is 7.70. The van der Waals surface area contributed by atoms with E-state index in [4.69, 9.17) is 9.52 Å². The first-order valence-electron chi connectivity index (χ1n) is 4.03. The summed E-state index contributed by atoms with van der Waals surface area (Å²) in [6.45, 7) is 1.79. The first-order chi connectivity index (χ1) is 6.08. The number of hydrogen-bond donors (Lipinski definition) is 2. The second-order valence-electron chi connectivity index (χ2n) is 3.13. The van der Waals surface area contributed by atoms with Crippen LogP contribution < -0.4 is 5.32 Å². The van der Waals surface area contributed by atoms with Gasteiger partial charge in [-0.2, -0.15) is 0 Å². The molecule has 1 aromatic heterocycles. The minimum absolute atomic E-state index is 0.00296. The van der Waals surface area contributed by atoms with Crippen LogP contribution in [0, 0.1) is 0 Å². The summed E-state index contributed by atoms with van der Waals surface area (Å²) in [4.78, 5) is 10.6. The molecule has 4 heteroatoms. The molecular weight excluding hydrogens is 170 g/mol. The van der Waals surface area contributed by atoms with Crippen molar-refractivity contribution in [2.45, 2.75) is 18.9 Å². The Bertz CT molecular complexity index is 281.